The summed E-state index contributed by atoms with van der Waals surface area (Å²) >= 11 is 0. The molecule has 1 aromatic rings. The number of allylic oxidation sites excluding steroid dienone is 1. The van der Waals surface area contributed by atoms with Gasteiger partial charge in [0.1, 0.15) is 11.4 Å². The van der Waals surface area contributed by atoms with Crippen molar-refractivity contribution in [3.8, 4) is 5.75 Å². The molecule has 1 atom stereocenters. The van der Waals surface area contributed by atoms with Crippen LogP contribution in [0.2, 0.25) is 0 Å². The Kier molecular flexibility index (Phi) is 5.06. The minimum absolute atomic E-state index is 0.0245. The number of methoxy groups -OCH3 is 1. The summed E-state index contributed by atoms with van der Waals surface area (Å²) in [6.07, 6.45) is 8.08. The Bertz CT molecular complexity index is 561. The lowest BCUT2D eigenvalue weighted by molar-refractivity contribution is 0.0511. The van der Waals surface area contributed by atoms with Gasteiger partial charge < -0.3 is 14.8 Å². The van der Waals surface area contributed by atoms with Gasteiger partial charge in [-0.05, 0) is 51.7 Å². The van der Waals surface area contributed by atoms with Crippen molar-refractivity contribution < 1.29 is 14.3 Å². The molecule has 0 saturated heterocycles. The second kappa shape index (κ2) is 6.81. The highest BCUT2D eigenvalue weighted by atomic mass is 16.6. The van der Waals surface area contributed by atoms with Gasteiger partial charge in [-0.15, -0.1) is 0 Å². The van der Waals surface area contributed by atoms with Crippen molar-refractivity contribution in [3.63, 3.8) is 0 Å². The van der Waals surface area contributed by atoms with E-state index in [1.165, 1.54) is 0 Å². The number of nitrogens with one attached hydrogen (secondary N) is 1. The summed E-state index contributed by atoms with van der Waals surface area (Å²) in [4.78, 5) is 16.1. The smallest absolute Gasteiger partial charge is 0.408 e. The number of carbonyl (C=O) groups is 1. The first-order valence-electron chi connectivity index (χ1n) is 7.57. The average Bonchev–Trinajstić information content (AvgIpc) is 2.45. The van der Waals surface area contributed by atoms with Gasteiger partial charge in [0.15, 0.2) is 0 Å². The number of rotatable bonds is 3. The van der Waals surface area contributed by atoms with Gasteiger partial charge in [-0.2, -0.15) is 0 Å². The number of aromatic nitrogens is 1. The molecule has 22 heavy (non-hydrogen) atoms. The third-order valence-electron chi connectivity index (χ3n) is 3.41. The van der Waals surface area contributed by atoms with E-state index >= 15 is 0 Å². The molecule has 0 aliphatic heterocycles. The Labute approximate surface area is 131 Å². The Morgan fingerprint density at radius 3 is 2.86 bits per heavy atom. The molecule has 0 spiro atoms. The molecular formula is C17H24N2O3. The van der Waals surface area contributed by atoms with E-state index in [2.05, 4.69) is 16.4 Å². The topological polar surface area (TPSA) is 60.5 Å². The Hall–Kier alpha value is -2.04. The summed E-state index contributed by atoms with van der Waals surface area (Å²) in [5, 5.41) is 2.91. The number of ether oxygens (including phenoxy) is 2. The number of hydrogen-bond donors (Lipinski definition) is 1. The molecule has 1 aliphatic rings. The highest BCUT2D eigenvalue weighted by Gasteiger charge is 2.22. The van der Waals surface area contributed by atoms with E-state index in [-0.39, 0.29) is 12.1 Å². The molecule has 0 radical (unpaired) electrons. The largest absolute Gasteiger partial charge is 0.496 e. The maximum absolute atomic E-state index is 11.9. The molecule has 2 rings (SSSR count). The normalized spacial score (nSPS) is 18.4. The van der Waals surface area contributed by atoms with Crippen molar-refractivity contribution >= 4 is 11.7 Å². The fourth-order valence-electron chi connectivity index (χ4n) is 2.52. The molecule has 5 heteroatoms. The van der Waals surface area contributed by atoms with Crippen LogP contribution in [0.5, 0.6) is 5.75 Å². The van der Waals surface area contributed by atoms with Crippen LogP contribution in [0.15, 0.2) is 24.5 Å². The molecule has 1 N–H and O–H groups in total. The maximum atomic E-state index is 11.9. The van der Waals surface area contributed by atoms with Crippen LogP contribution in [0.1, 0.15) is 45.6 Å². The molecule has 120 valence electrons. The number of alkyl carbamates (subject to hydrolysis) is 1. The van der Waals surface area contributed by atoms with Gasteiger partial charge in [0.25, 0.3) is 0 Å². The lowest BCUT2D eigenvalue weighted by atomic mass is 9.91. The molecule has 5 nitrogen and oxygen atoms in total. The third-order valence-corrected chi connectivity index (χ3v) is 3.41. The van der Waals surface area contributed by atoms with Crippen LogP contribution < -0.4 is 10.1 Å². The lowest BCUT2D eigenvalue weighted by Crippen LogP contribution is -2.39. The van der Waals surface area contributed by atoms with Crippen LogP contribution in [0, 0.1) is 0 Å². The predicted octanol–water partition coefficient (Wildman–Crippen LogP) is 3.55. The van der Waals surface area contributed by atoms with Crippen LogP contribution in [-0.4, -0.2) is 29.8 Å². The van der Waals surface area contributed by atoms with Gasteiger partial charge in [-0.25, -0.2) is 4.79 Å². The van der Waals surface area contributed by atoms with E-state index in [0.717, 1.165) is 36.1 Å². The van der Waals surface area contributed by atoms with Crippen molar-refractivity contribution in [1.82, 2.24) is 10.3 Å². The quantitative estimate of drug-likeness (QED) is 0.927. The third kappa shape index (κ3) is 4.48. The van der Waals surface area contributed by atoms with E-state index in [1.807, 2.05) is 26.8 Å². The molecule has 0 fully saturated rings. The minimum atomic E-state index is -0.488. The molecule has 0 aromatic carbocycles. The molecular weight excluding hydrogens is 280 g/mol. The van der Waals surface area contributed by atoms with E-state index in [1.54, 1.807) is 19.5 Å². The van der Waals surface area contributed by atoms with Crippen molar-refractivity contribution in [3.05, 3.63) is 30.1 Å². The number of hydrogen-bond acceptors (Lipinski definition) is 4. The summed E-state index contributed by atoms with van der Waals surface area (Å²) in [5.74, 6) is 0.805. The van der Waals surface area contributed by atoms with Gasteiger partial charge in [0.2, 0.25) is 0 Å². The lowest BCUT2D eigenvalue weighted by Gasteiger charge is -2.25. The zero-order chi connectivity index (χ0) is 16.2. The van der Waals surface area contributed by atoms with Crippen LogP contribution in [0.3, 0.4) is 0 Å². The molecule has 0 bridgehead atoms. The molecule has 1 aromatic heterocycles. The number of amides is 1. The number of pyridine rings is 1. The Morgan fingerprint density at radius 1 is 1.41 bits per heavy atom. The highest BCUT2D eigenvalue weighted by Crippen LogP contribution is 2.32. The molecule has 1 amide bonds. The first-order chi connectivity index (χ1) is 10.4. The summed E-state index contributed by atoms with van der Waals surface area (Å²) in [6.45, 7) is 5.57. The monoisotopic (exact) mass is 304 g/mol. The standard InChI is InChI=1S/C17H24N2O3/c1-17(2,3)22-16(20)19-13-7-5-6-12(10-13)14-11-18-9-8-15(14)21-4/h8-11,13H,5-7H2,1-4H3,(H,19,20). The van der Waals surface area contributed by atoms with Crippen LogP contribution in [-0.2, 0) is 4.74 Å². The first kappa shape index (κ1) is 16.3. The zero-order valence-electron chi connectivity index (χ0n) is 13.7. The van der Waals surface area contributed by atoms with Crippen molar-refractivity contribution in [2.75, 3.05) is 7.11 Å². The molecule has 0 saturated carbocycles. The molecule has 1 aliphatic carbocycles. The molecule has 1 unspecified atom stereocenters. The van der Waals surface area contributed by atoms with Gasteiger partial charge in [0, 0.05) is 18.0 Å². The number of carbonyl (C=O) groups excluding carboxylic acids is 1. The fourth-order valence-corrected chi connectivity index (χ4v) is 2.52. The van der Waals surface area contributed by atoms with Crippen LogP contribution in [0.4, 0.5) is 4.79 Å². The van der Waals surface area contributed by atoms with E-state index in [9.17, 15) is 4.79 Å². The number of nitrogens with zero attached hydrogens (tertiary/aromatic N) is 1. The SMILES string of the molecule is COc1ccncc1C1=CC(NC(=O)OC(C)(C)C)CCC1. The van der Waals surface area contributed by atoms with Crippen molar-refractivity contribution in [2.45, 2.75) is 51.7 Å². The Morgan fingerprint density at radius 2 is 2.18 bits per heavy atom. The summed E-state index contributed by atoms with van der Waals surface area (Å²) < 4.78 is 10.7. The van der Waals surface area contributed by atoms with Gasteiger partial charge >= 0.3 is 6.09 Å². The zero-order valence-corrected chi connectivity index (χ0v) is 13.7. The van der Waals surface area contributed by atoms with E-state index in [4.69, 9.17) is 9.47 Å². The van der Waals surface area contributed by atoms with Gasteiger partial charge in [-0.1, -0.05) is 6.08 Å². The van der Waals surface area contributed by atoms with Gasteiger partial charge in [0.05, 0.1) is 13.2 Å². The van der Waals surface area contributed by atoms with Crippen LogP contribution >= 0.6 is 0 Å². The summed E-state index contributed by atoms with van der Waals surface area (Å²) in [7, 11) is 1.65. The first-order valence-corrected chi connectivity index (χ1v) is 7.57. The van der Waals surface area contributed by atoms with Crippen molar-refractivity contribution in [2.24, 2.45) is 0 Å². The summed E-state index contributed by atoms with van der Waals surface area (Å²) in [5.41, 5.74) is 1.65. The second-order valence-corrected chi connectivity index (χ2v) is 6.41. The van der Waals surface area contributed by atoms with E-state index < -0.39 is 5.60 Å². The predicted molar refractivity (Wildman–Crippen MR) is 85.8 cm³/mol. The Balaban J connectivity index is 2.11. The van der Waals surface area contributed by atoms with Crippen molar-refractivity contribution in [1.29, 1.82) is 0 Å². The van der Waals surface area contributed by atoms with E-state index in [0.29, 0.717) is 0 Å². The van der Waals surface area contributed by atoms with Gasteiger partial charge in [-0.3, -0.25) is 4.98 Å². The maximum Gasteiger partial charge on any atom is 0.408 e. The molecule has 1 heterocycles. The second-order valence-electron chi connectivity index (χ2n) is 6.41. The average molecular weight is 304 g/mol. The highest BCUT2D eigenvalue weighted by molar-refractivity contribution is 5.73. The summed E-state index contributed by atoms with van der Waals surface area (Å²) in [6, 6.07) is 1.82. The minimum Gasteiger partial charge on any atom is -0.496 e. The fraction of sp³-hybridized carbons (Fsp3) is 0.529. The van der Waals surface area contributed by atoms with Crippen LogP contribution in [0.25, 0.3) is 5.57 Å².